The van der Waals surface area contributed by atoms with E-state index in [4.69, 9.17) is 9.47 Å². The Hall–Kier alpha value is -3.37. The van der Waals surface area contributed by atoms with Crippen LogP contribution in [0, 0.1) is 5.92 Å². The summed E-state index contributed by atoms with van der Waals surface area (Å²) in [4.78, 5) is 11.7. The Morgan fingerprint density at radius 2 is 1.50 bits per heavy atom. The summed E-state index contributed by atoms with van der Waals surface area (Å²) >= 11 is 0. The standard InChI is InChI=1S/C40H52O4/c1-4-5-6-10-31-12-16-33(17-13-31)34-20-22-35(23-21-34)37-24-25-38(36-18-14-32(15-19-36)11-9-26-41)39(29-37)43-27-7-8-28-44-40(42)30(2)3/h14-15,18-25,29,31,33,41H,2,4-13,16-17,26-28H2,1,3H3. The van der Waals surface area contributed by atoms with Gasteiger partial charge in [0.05, 0.1) is 13.2 Å². The SMILES string of the molecule is C=C(C)C(=O)OCCCCOc1cc(-c2ccc(C3CCC(CCCCC)CC3)cc2)ccc1-c1ccc(CCCO)cc1. The molecule has 1 fully saturated rings. The molecule has 0 heterocycles. The van der Waals surface area contributed by atoms with Crippen LogP contribution in [-0.2, 0) is 16.0 Å². The number of hydrogen-bond donors (Lipinski definition) is 1. The minimum Gasteiger partial charge on any atom is -0.493 e. The quantitative estimate of drug-likeness (QED) is 0.0957. The molecule has 3 aromatic carbocycles. The molecular weight excluding hydrogens is 544 g/mol. The molecule has 1 N–H and O–H groups in total. The van der Waals surface area contributed by atoms with Crippen molar-refractivity contribution in [2.75, 3.05) is 19.8 Å². The number of aliphatic hydroxyl groups excluding tert-OH is 1. The second-order valence-electron chi connectivity index (χ2n) is 12.5. The van der Waals surface area contributed by atoms with Crippen LogP contribution in [0.4, 0.5) is 0 Å². The van der Waals surface area contributed by atoms with Crippen molar-refractivity contribution in [3.8, 4) is 28.0 Å². The van der Waals surface area contributed by atoms with Crippen LogP contribution in [0.25, 0.3) is 22.3 Å². The van der Waals surface area contributed by atoms with Crippen molar-refractivity contribution in [2.45, 2.75) is 96.8 Å². The number of carbonyl (C=O) groups is 1. The van der Waals surface area contributed by atoms with Gasteiger partial charge in [-0.05, 0) is 104 Å². The molecule has 1 saturated carbocycles. The zero-order chi connectivity index (χ0) is 31.1. The molecule has 0 spiro atoms. The highest BCUT2D eigenvalue weighted by atomic mass is 16.5. The Labute approximate surface area is 265 Å². The maximum atomic E-state index is 11.7. The highest BCUT2D eigenvalue weighted by molar-refractivity contribution is 5.86. The number of rotatable bonds is 17. The van der Waals surface area contributed by atoms with E-state index in [0.29, 0.717) is 24.7 Å². The van der Waals surface area contributed by atoms with Crippen molar-refractivity contribution >= 4 is 5.97 Å². The Morgan fingerprint density at radius 1 is 0.818 bits per heavy atom. The summed E-state index contributed by atoms with van der Waals surface area (Å²) in [6, 6.07) is 24.3. The van der Waals surface area contributed by atoms with Crippen molar-refractivity contribution in [3.05, 3.63) is 90.0 Å². The minimum atomic E-state index is -0.343. The largest absolute Gasteiger partial charge is 0.493 e. The van der Waals surface area contributed by atoms with E-state index in [9.17, 15) is 9.90 Å². The van der Waals surface area contributed by atoms with Crippen LogP contribution in [0.1, 0.15) is 102 Å². The molecule has 0 amide bonds. The number of hydrogen-bond acceptors (Lipinski definition) is 4. The Balaban J connectivity index is 1.43. The average molecular weight is 597 g/mol. The molecule has 4 rings (SSSR count). The summed E-state index contributed by atoms with van der Waals surface area (Å²) in [5.74, 6) is 2.12. The lowest BCUT2D eigenvalue weighted by Gasteiger charge is -2.29. The third-order valence-electron chi connectivity index (χ3n) is 9.03. The van der Waals surface area contributed by atoms with Gasteiger partial charge in [0, 0.05) is 17.7 Å². The molecule has 236 valence electrons. The monoisotopic (exact) mass is 596 g/mol. The van der Waals surface area contributed by atoms with Gasteiger partial charge in [0.25, 0.3) is 0 Å². The van der Waals surface area contributed by atoms with Crippen LogP contribution in [0.2, 0.25) is 0 Å². The second-order valence-corrected chi connectivity index (χ2v) is 12.5. The van der Waals surface area contributed by atoms with Gasteiger partial charge < -0.3 is 14.6 Å². The van der Waals surface area contributed by atoms with Gasteiger partial charge in [-0.1, -0.05) is 99.8 Å². The van der Waals surface area contributed by atoms with Gasteiger partial charge in [-0.3, -0.25) is 0 Å². The Kier molecular flexibility index (Phi) is 13.6. The first-order valence-electron chi connectivity index (χ1n) is 16.9. The van der Waals surface area contributed by atoms with Gasteiger partial charge in [0.15, 0.2) is 0 Å². The predicted octanol–water partition coefficient (Wildman–Crippen LogP) is 10.1. The zero-order valence-electron chi connectivity index (χ0n) is 27.0. The van der Waals surface area contributed by atoms with E-state index in [1.54, 1.807) is 6.92 Å². The average Bonchev–Trinajstić information content (AvgIpc) is 3.06. The summed E-state index contributed by atoms with van der Waals surface area (Å²) in [5, 5.41) is 9.18. The summed E-state index contributed by atoms with van der Waals surface area (Å²) < 4.78 is 11.6. The molecule has 0 unspecified atom stereocenters. The molecule has 0 atom stereocenters. The molecule has 1 aliphatic carbocycles. The third-order valence-corrected chi connectivity index (χ3v) is 9.03. The van der Waals surface area contributed by atoms with Crippen molar-refractivity contribution in [1.82, 2.24) is 0 Å². The summed E-state index contributed by atoms with van der Waals surface area (Å²) in [6.45, 7) is 8.69. The highest BCUT2D eigenvalue weighted by Crippen LogP contribution is 2.39. The summed E-state index contributed by atoms with van der Waals surface area (Å²) in [7, 11) is 0. The second kappa shape index (κ2) is 17.8. The lowest BCUT2D eigenvalue weighted by atomic mass is 9.77. The van der Waals surface area contributed by atoms with Crippen LogP contribution in [0.5, 0.6) is 5.75 Å². The van der Waals surface area contributed by atoms with E-state index in [1.807, 2.05) is 0 Å². The summed E-state index contributed by atoms with van der Waals surface area (Å²) in [6.07, 6.45) is 14.0. The number of carbonyl (C=O) groups excluding carboxylic acids is 1. The first-order chi connectivity index (χ1) is 21.5. The molecule has 0 saturated heterocycles. The van der Waals surface area contributed by atoms with Crippen LogP contribution in [0.15, 0.2) is 78.9 Å². The van der Waals surface area contributed by atoms with E-state index in [0.717, 1.165) is 54.0 Å². The molecule has 0 aliphatic heterocycles. The van der Waals surface area contributed by atoms with Gasteiger partial charge in [0.2, 0.25) is 0 Å². The zero-order valence-corrected chi connectivity index (χ0v) is 27.0. The third kappa shape index (κ3) is 10.1. The predicted molar refractivity (Wildman–Crippen MR) is 182 cm³/mol. The summed E-state index contributed by atoms with van der Waals surface area (Å²) in [5.41, 5.74) is 7.62. The van der Waals surface area contributed by atoms with Gasteiger partial charge in [-0.25, -0.2) is 4.79 Å². The number of aliphatic hydroxyl groups is 1. The van der Waals surface area contributed by atoms with Crippen molar-refractivity contribution in [3.63, 3.8) is 0 Å². The number of benzene rings is 3. The Morgan fingerprint density at radius 3 is 2.18 bits per heavy atom. The smallest absolute Gasteiger partial charge is 0.333 e. The van der Waals surface area contributed by atoms with Crippen LogP contribution in [0.3, 0.4) is 0 Å². The maximum absolute atomic E-state index is 11.7. The van der Waals surface area contributed by atoms with Gasteiger partial charge in [-0.2, -0.15) is 0 Å². The highest BCUT2D eigenvalue weighted by Gasteiger charge is 2.22. The van der Waals surface area contributed by atoms with E-state index < -0.39 is 0 Å². The molecule has 1 aliphatic rings. The Bertz CT molecular complexity index is 1300. The molecule has 0 bridgehead atoms. The molecule has 4 nitrogen and oxygen atoms in total. The van der Waals surface area contributed by atoms with E-state index in [2.05, 4.69) is 80.2 Å². The fraction of sp³-hybridized carbons (Fsp3) is 0.475. The normalized spacial score (nSPS) is 16.4. The van der Waals surface area contributed by atoms with Crippen LogP contribution < -0.4 is 4.74 Å². The maximum Gasteiger partial charge on any atom is 0.333 e. The van der Waals surface area contributed by atoms with Crippen LogP contribution in [-0.4, -0.2) is 30.9 Å². The van der Waals surface area contributed by atoms with Gasteiger partial charge in [-0.15, -0.1) is 0 Å². The van der Waals surface area contributed by atoms with Gasteiger partial charge in [0.1, 0.15) is 5.75 Å². The molecule has 0 radical (unpaired) electrons. The first-order valence-corrected chi connectivity index (χ1v) is 16.9. The molecule has 4 heteroatoms. The van der Waals surface area contributed by atoms with Crippen molar-refractivity contribution < 1.29 is 19.4 Å². The van der Waals surface area contributed by atoms with Crippen molar-refractivity contribution in [2.24, 2.45) is 5.92 Å². The van der Waals surface area contributed by atoms with E-state index in [1.165, 1.54) is 68.1 Å². The van der Waals surface area contributed by atoms with E-state index in [-0.39, 0.29) is 12.6 Å². The lowest BCUT2D eigenvalue weighted by molar-refractivity contribution is -0.139. The van der Waals surface area contributed by atoms with Crippen LogP contribution >= 0.6 is 0 Å². The molecule has 3 aromatic rings. The lowest BCUT2D eigenvalue weighted by Crippen LogP contribution is -2.13. The fourth-order valence-electron chi connectivity index (χ4n) is 6.28. The molecular formula is C40H52O4. The van der Waals surface area contributed by atoms with Gasteiger partial charge >= 0.3 is 5.97 Å². The number of esters is 1. The molecule has 0 aromatic heterocycles. The van der Waals surface area contributed by atoms with E-state index >= 15 is 0 Å². The number of ether oxygens (including phenoxy) is 2. The first kappa shape index (κ1) is 33.5. The van der Waals surface area contributed by atoms with Crippen molar-refractivity contribution in [1.29, 1.82) is 0 Å². The minimum absolute atomic E-state index is 0.203. The number of aryl methyl sites for hydroxylation is 1. The fourth-order valence-corrected chi connectivity index (χ4v) is 6.28. The molecule has 44 heavy (non-hydrogen) atoms. The number of unbranched alkanes of at least 4 members (excludes halogenated alkanes) is 3. The topological polar surface area (TPSA) is 55.8 Å².